The maximum atomic E-state index is 12.2. The Morgan fingerprint density at radius 3 is 2.16 bits per heavy atom. The van der Waals surface area contributed by atoms with Gasteiger partial charge in [0.1, 0.15) is 12.4 Å². The molecule has 6 heteroatoms. The van der Waals surface area contributed by atoms with Crippen LogP contribution in [-0.2, 0) is 19.1 Å². The average Bonchev–Trinajstić information content (AvgIpc) is 2.65. The number of hydrogen-bond acceptors (Lipinski definition) is 5. The third-order valence-electron chi connectivity index (χ3n) is 3.51. The third-order valence-corrected chi connectivity index (χ3v) is 3.51. The van der Waals surface area contributed by atoms with Gasteiger partial charge in [-0.1, -0.05) is 42.5 Å². The zero-order valence-corrected chi connectivity index (χ0v) is 14.2. The first-order valence-corrected chi connectivity index (χ1v) is 7.77. The molecule has 1 atom stereocenters. The van der Waals surface area contributed by atoms with Gasteiger partial charge in [0.25, 0.3) is 5.91 Å². The van der Waals surface area contributed by atoms with E-state index in [1.165, 1.54) is 7.11 Å². The van der Waals surface area contributed by atoms with E-state index in [1.54, 1.807) is 7.11 Å². The van der Waals surface area contributed by atoms with Crippen LogP contribution in [0.5, 0.6) is 5.75 Å². The Morgan fingerprint density at radius 2 is 1.56 bits per heavy atom. The fourth-order valence-electron chi connectivity index (χ4n) is 2.31. The summed E-state index contributed by atoms with van der Waals surface area (Å²) in [5, 5.41) is 2.89. The molecule has 0 spiro atoms. The highest BCUT2D eigenvalue weighted by Crippen LogP contribution is 2.24. The van der Waals surface area contributed by atoms with Gasteiger partial charge in [-0.15, -0.1) is 0 Å². The molecule has 0 saturated heterocycles. The molecule has 2 aromatic rings. The van der Waals surface area contributed by atoms with Crippen LogP contribution < -0.4 is 10.1 Å². The van der Waals surface area contributed by atoms with Crippen LogP contribution >= 0.6 is 0 Å². The van der Waals surface area contributed by atoms with Crippen molar-refractivity contribution in [2.75, 3.05) is 27.4 Å². The first-order chi connectivity index (χ1) is 12.1. The summed E-state index contributed by atoms with van der Waals surface area (Å²) < 4.78 is 14.7. The predicted octanol–water partition coefficient (Wildman–Crippen LogP) is 2.09. The van der Waals surface area contributed by atoms with E-state index >= 15 is 0 Å². The zero-order valence-electron chi connectivity index (χ0n) is 14.2. The van der Waals surface area contributed by atoms with Crippen LogP contribution in [0.1, 0.15) is 17.2 Å². The molecule has 25 heavy (non-hydrogen) atoms. The highest BCUT2D eigenvalue weighted by molar-refractivity contribution is 5.81. The molecule has 2 rings (SSSR count). The lowest BCUT2D eigenvalue weighted by molar-refractivity contribution is -0.152. The van der Waals surface area contributed by atoms with Gasteiger partial charge in [0.15, 0.2) is 6.61 Å². The molecule has 0 aliphatic rings. The fraction of sp³-hybridized carbons (Fsp3) is 0.263. The average molecular weight is 343 g/mol. The van der Waals surface area contributed by atoms with Gasteiger partial charge in [0.2, 0.25) is 0 Å². The highest BCUT2D eigenvalue weighted by Gasteiger charge is 2.18. The minimum Gasteiger partial charge on any atom is -0.497 e. The quantitative estimate of drug-likeness (QED) is 0.743. The first kappa shape index (κ1) is 18.5. The smallest absolute Gasteiger partial charge is 0.332 e. The Morgan fingerprint density at radius 1 is 0.920 bits per heavy atom. The SMILES string of the molecule is COCC(=O)OCC(=O)N[C@H](c1ccccc1)c1ccc(OC)cc1. The standard InChI is InChI=1S/C19H21NO5/c1-23-13-18(22)25-12-17(21)20-19(14-6-4-3-5-7-14)15-8-10-16(24-2)11-9-15/h3-11,19H,12-13H2,1-2H3,(H,20,21)/t19-/m1/s1. The molecular weight excluding hydrogens is 322 g/mol. The molecule has 0 fully saturated rings. The summed E-state index contributed by atoms with van der Waals surface area (Å²) >= 11 is 0. The summed E-state index contributed by atoms with van der Waals surface area (Å²) in [7, 11) is 2.98. The Balaban J connectivity index is 2.12. The summed E-state index contributed by atoms with van der Waals surface area (Å²) in [6, 6.07) is 16.6. The van der Waals surface area contributed by atoms with Crippen molar-refractivity contribution in [3.8, 4) is 5.75 Å². The normalized spacial score (nSPS) is 11.4. The number of nitrogens with one attached hydrogen (secondary N) is 1. The van der Waals surface area contributed by atoms with Crippen LogP contribution in [0.15, 0.2) is 54.6 Å². The van der Waals surface area contributed by atoms with Crippen molar-refractivity contribution in [2.45, 2.75) is 6.04 Å². The van der Waals surface area contributed by atoms with Crippen LogP contribution in [-0.4, -0.2) is 39.3 Å². The van der Waals surface area contributed by atoms with E-state index in [1.807, 2.05) is 54.6 Å². The third kappa shape index (κ3) is 5.61. The van der Waals surface area contributed by atoms with E-state index in [2.05, 4.69) is 10.1 Å². The van der Waals surface area contributed by atoms with Crippen molar-refractivity contribution >= 4 is 11.9 Å². The minimum atomic E-state index is -0.585. The molecule has 0 bridgehead atoms. The van der Waals surface area contributed by atoms with E-state index in [9.17, 15) is 9.59 Å². The second-order valence-electron chi connectivity index (χ2n) is 5.28. The van der Waals surface area contributed by atoms with E-state index in [0.717, 1.165) is 16.9 Å². The van der Waals surface area contributed by atoms with Gasteiger partial charge in [0.05, 0.1) is 13.2 Å². The van der Waals surface area contributed by atoms with Crippen molar-refractivity contribution in [2.24, 2.45) is 0 Å². The summed E-state index contributed by atoms with van der Waals surface area (Å²) in [6.07, 6.45) is 0. The summed E-state index contributed by atoms with van der Waals surface area (Å²) in [6.45, 7) is -0.546. The maximum absolute atomic E-state index is 12.2. The predicted molar refractivity (Wildman–Crippen MR) is 92.3 cm³/mol. The lowest BCUT2D eigenvalue weighted by atomic mass is 9.98. The van der Waals surface area contributed by atoms with E-state index in [-0.39, 0.29) is 19.3 Å². The number of esters is 1. The van der Waals surface area contributed by atoms with Crippen LogP contribution in [0.2, 0.25) is 0 Å². The molecule has 1 amide bonds. The topological polar surface area (TPSA) is 73.9 Å². The molecule has 2 aromatic carbocycles. The Hall–Kier alpha value is -2.86. The van der Waals surface area contributed by atoms with Gasteiger partial charge in [-0.25, -0.2) is 4.79 Å². The maximum Gasteiger partial charge on any atom is 0.332 e. The lowest BCUT2D eigenvalue weighted by Crippen LogP contribution is -2.33. The molecule has 0 saturated carbocycles. The van der Waals surface area contributed by atoms with Crippen molar-refractivity contribution in [1.82, 2.24) is 5.32 Å². The van der Waals surface area contributed by atoms with Crippen molar-refractivity contribution in [1.29, 1.82) is 0 Å². The summed E-state index contributed by atoms with van der Waals surface area (Å²) in [4.78, 5) is 23.5. The molecule has 0 radical (unpaired) electrons. The van der Waals surface area contributed by atoms with Gasteiger partial charge in [-0.3, -0.25) is 4.79 Å². The monoisotopic (exact) mass is 343 g/mol. The molecule has 0 aliphatic carbocycles. The molecule has 6 nitrogen and oxygen atoms in total. The van der Waals surface area contributed by atoms with Gasteiger partial charge in [-0.05, 0) is 23.3 Å². The fourth-order valence-corrected chi connectivity index (χ4v) is 2.31. The van der Waals surface area contributed by atoms with Gasteiger partial charge in [0, 0.05) is 7.11 Å². The molecule has 1 N–H and O–H groups in total. The Labute approximate surface area is 146 Å². The minimum absolute atomic E-state index is 0.187. The number of carbonyl (C=O) groups is 2. The van der Waals surface area contributed by atoms with Crippen LogP contribution in [0.25, 0.3) is 0 Å². The van der Waals surface area contributed by atoms with E-state index < -0.39 is 11.9 Å². The molecule has 0 heterocycles. The van der Waals surface area contributed by atoms with Crippen LogP contribution in [0, 0.1) is 0 Å². The second kappa shape index (κ2) is 9.44. The van der Waals surface area contributed by atoms with Gasteiger partial charge < -0.3 is 19.5 Å². The molecule has 0 aromatic heterocycles. The van der Waals surface area contributed by atoms with Crippen LogP contribution in [0.3, 0.4) is 0 Å². The highest BCUT2D eigenvalue weighted by atomic mass is 16.6. The Kier molecular flexibility index (Phi) is 6.98. The number of methoxy groups -OCH3 is 2. The molecule has 132 valence electrons. The van der Waals surface area contributed by atoms with E-state index in [0.29, 0.717) is 0 Å². The molecule has 0 unspecified atom stereocenters. The summed E-state index contributed by atoms with van der Waals surface area (Å²) in [5.74, 6) is -0.247. The van der Waals surface area contributed by atoms with E-state index in [4.69, 9.17) is 9.47 Å². The molecule has 0 aliphatic heterocycles. The lowest BCUT2D eigenvalue weighted by Gasteiger charge is -2.20. The van der Waals surface area contributed by atoms with Crippen molar-refractivity contribution < 1.29 is 23.8 Å². The van der Waals surface area contributed by atoms with Crippen molar-refractivity contribution in [3.05, 3.63) is 65.7 Å². The zero-order chi connectivity index (χ0) is 18.1. The Bertz CT molecular complexity index is 685. The summed E-state index contributed by atoms with van der Waals surface area (Å²) in [5.41, 5.74) is 1.81. The van der Waals surface area contributed by atoms with Gasteiger partial charge in [-0.2, -0.15) is 0 Å². The number of rotatable bonds is 8. The number of hydrogen-bond donors (Lipinski definition) is 1. The first-order valence-electron chi connectivity index (χ1n) is 7.77. The largest absolute Gasteiger partial charge is 0.497 e. The van der Waals surface area contributed by atoms with Crippen LogP contribution in [0.4, 0.5) is 0 Å². The number of benzene rings is 2. The number of carbonyl (C=O) groups excluding carboxylic acids is 2. The van der Waals surface area contributed by atoms with Crippen molar-refractivity contribution in [3.63, 3.8) is 0 Å². The van der Waals surface area contributed by atoms with Gasteiger partial charge >= 0.3 is 5.97 Å². The number of amides is 1. The number of ether oxygens (including phenoxy) is 3. The molecular formula is C19H21NO5. The second-order valence-corrected chi connectivity index (χ2v) is 5.28.